The van der Waals surface area contributed by atoms with Crippen LogP contribution < -0.4 is 10.6 Å². The smallest absolute Gasteiger partial charge is 0.306 e. The molecule has 2 saturated carbocycles. The summed E-state index contributed by atoms with van der Waals surface area (Å²) in [5.74, 6) is -1.08. The summed E-state index contributed by atoms with van der Waals surface area (Å²) in [6.07, 6.45) is 11.0. The number of nitrogens with zero attached hydrogens (tertiary/aromatic N) is 1. The maximum atomic E-state index is 14.3. The summed E-state index contributed by atoms with van der Waals surface area (Å²) in [4.78, 5) is 38.9. The lowest BCUT2D eigenvalue weighted by Gasteiger charge is -2.30. The van der Waals surface area contributed by atoms with Crippen LogP contribution in [0, 0.1) is 11.8 Å². The number of amides is 2. The number of allylic oxidation sites excluding steroid dienone is 3. The fraction of sp³-hybridized carbons (Fsp3) is 0.690. The van der Waals surface area contributed by atoms with Crippen molar-refractivity contribution in [1.29, 1.82) is 0 Å². The molecule has 1 saturated heterocycles. The number of carbonyl (C=O) groups is 3. The first-order valence-electron chi connectivity index (χ1n) is 14.4. The zero-order valence-electron chi connectivity index (χ0n) is 22.3. The molecule has 10 heteroatoms. The zero-order chi connectivity index (χ0) is 27.5. The van der Waals surface area contributed by atoms with Crippen LogP contribution in [0.25, 0.3) is 0 Å². The van der Waals surface area contributed by atoms with Gasteiger partial charge in [-0.2, -0.15) is 0 Å². The second-order valence-corrected chi connectivity index (χ2v) is 12.1. The van der Waals surface area contributed by atoms with E-state index in [0.29, 0.717) is 55.3 Å². The normalized spacial score (nSPS) is 32.7. The van der Waals surface area contributed by atoms with Gasteiger partial charge in [0.2, 0.25) is 5.91 Å². The van der Waals surface area contributed by atoms with Gasteiger partial charge in [-0.05, 0) is 57.4 Å². The van der Waals surface area contributed by atoms with E-state index in [9.17, 15) is 23.9 Å². The van der Waals surface area contributed by atoms with Crippen LogP contribution in [0.1, 0.15) is 77.0 Å². The third kappa shape index (κ3) is 6.68. The summed E-state index contributed by atoms with van der Waals surface area (Å²) in [5, 5.41) is 16.0. The molecular formula is C29H39ClFN3O5. The SMILES string of the molecule is O=C(NC1=C(Cl)C=C(CC(=O)N2C[C@@H](F)C[C@H]2COC2CCC(C(=O)O)CC2)CC1)C1=CNC2CCCCC12. The van der Waals surface area contributed by atoms with Crippen molar-refractivity contribution in [1.82, 2.24) is 15.5 Å². The van der Waals surface area contributed by atoms with Gasteiger partial charge in [0.15, 0.2) is 0 Å². The van der Waals surface area contributed by atoms with Crippen LogP contribution in [0.5, 0.6) is 0 Å². The summed E-state index contributed by atoms with van der Waals surface area (Å²) in [6.45, 7) is 0.319. The summed E-state index contributed by atoms with van der Waals surface area (Å²) < 4.78 is 20.3. The number of hydrogen-bond acceptors (Lipinski definition) is 5. The van der Waals surface area contributed by atoms with Crippen molar-refractivity contribution in [3.63, 3.8) is 0 Å². The Labute approximate surface area is 234 Å². The van der Waals surface area contributed by atoms with Crippen LogP contribution >= 0.6 is 11.6 Å². The molecule has 3 fully saturated rings. The Balaban J connectivity index is 1.13. The van der Waals surface area contributed by atoms with Gasteiger partial charge in [0.1, 0.15) is 6.17 Å². The number of aliphatic carboxylic acids is 1. The Hall–Kier alpha value is -2.39. The summed E-state index contributed by atoms with van der Waals surface area (Å²) in [7, 11) is 0. The molecule has 2 aliphatic heterocycles. The van der Waals surface area contributed by atoms with Crippen molar-refractivity contribution in [2.24, 2.45) is 11.8 Å². The second-order valence-electron chi connectivity index (χ2n) is 11.7. The predicted molar refractivity (Wildman–Crippen MR) is 144 cm³/mol. The highest BCUT2D eigenvalue weighted by atomic mass is 35.5. The fourth-order valence-electron chi connectivity index (χ4n) is 6.80. The van der Waals surface area contributed by atoms with E-state index in [0.717, 1.165) is 30.4 Å². The highest BCUT2D eigenvalue weighted by Crippen LogP contribution is 2.35. The summed E-state index contributed by atoms with van der Waals surface area (Å²) >= 11 is 6.54. The lowest BCUT2D eigenvalue weighted by molar-refractivity contribution is -0.144. The average Bonchev–Trinajstić information content (AvgIpc) is 3.52. The first kappa shape index (κ1) is 28.1. The van der Waals surface area contributed by atoms with Gasteiger partial charge in [-0.25, -0.2) is 4.39 Å². The Morgan fingerprint density at radius 2 is 1.90 bits per heavy atom. The van der Waals surface area contributed by atoms with E-state index < -0.39 is 12.1 Å². The van der Waals surface area contributed by atoms with E-state index in [2.05, 4.69) is 10.6 Å². The predicted octanol–water partition coefficient (Wildman–Crippen LogP) is 4.31. The topological polar surface area (TPSA) is 108 Å². The maximum absolute atomic E-state index is 14.3. The molecule has 4 atom stereocenters. The van der Waals surface area contributed by atoms with E-state index in [1.807, 2.05) is 6.20 Å². The molecule has 0 aromatic rings. The number of halogens is 2. The lowest BCUT2D eigenvalue weighted by Crippen LogP contribution is -2.40. The molecule has 3 N–H and O–H groups in total. The number of rotatable bonds is 8. The highest BCUT2D eigenvalue weighted by Gasteiger charge is 2.38. The van der Waals surface area contributed by atoms with E-state index in [1.165, 1.54) is 6.42 Å². The number of carboxylic acids is 1. The van der Waals surface area contributed by atoms with Gasteiger partial charge in [0.05, 0.1) is 36.2 Å². The molecule has 0 bridgehead atoms. The lowest BCUT2D eigenvalue weighted by atomic mass is 9.82. The van der Waals surface area contributed by atoms with Gasteiger partial charge in [-0.3, -0.25) is 14.4 Å². The number of likely N-dealkylation sites (tertiary alicyclic amines) is 1. The molecule has 0 aromatic heterocycles. The average molecular weight is 564 g/mol. The van der Waals surface area contributed by atoms with E-state index in [1.54, 1.807) is 11.0 Å². The third-order valence-corrected chi connectivity index (χ3v) is 9.41. The number of alkyl halides is 1. The Morgan fingerprint density at radius 1 is 1.13 bits per heavy atom. The number of hydrogen-bond donors (Lipinski definition) is 3. The van der Waals surface area contributed by atoms with Gasteiger partial charge >= 0.3 is 5.97 Å². The molecule has 2 amide bonds. The molecular weight excluding hydrogens is 525 g/mol. The largest absolute Gasteiger partial charge is 0.481 e. The number of carbonyl (C=O) groups excluding carboxylic acids is 2. The number of nitrogens with one attached hydrogen (secondary N) is 2. The monoisotopic (exact) mass is 563 g/mol. The molecule has 2 heterocycles. The van der Waals surface area contributed by atoms with Gasteiger partial charge in [-0.15, -0.1) is 0 Å². The van der Waals surface area contributed by atoms with E-state index in [4.69, 9.17) is 16.3 Å². The Kier molecular flexibility index (Phi) is 8.96. The van der Waals surface area contributed by atoms with Gasteiger partial charge in [0, 0.05) is 42.3 Å². The molecule has 5 rings (SSSR count). The van der Waals surface area contributed by atoms with Crippen LogP contribution in [0.15, 0.2) is 34.2 Å². The van der Waals surface area contributed by atoms with Crippen LogP contribution in [0.3, 0.4) is 0 Å². The van der Waals surface area contributed by atoms with Gasteiger partial charge in [-0.1, -0.05) is 30.0 Å². The van der Waals surface area contributed by atoms with Crippen molar-refractivity contribution in [3.8, 4) is 0 Å². The zero-order valence-corrected chi connectivity index (χ0v) is 23.1. The van der Waals surface area contributed by atoms with Gasteiger partial charge in [0.25, 0.3) is 5.91 Å². The molecule has 0 radical (unpaired) electrons. The van der Waals surface area contributed by atoms with E-state index >= 15 is 0 Å². The molecule has 8 nitrogen and oxygen atoms in total. The molecule has 2 unspecified atom stereocenters. The van der Waals surface area contributed by atoms with Crippen molar-refractivity contribution in [2.45, 2.75) is 101 Å². The number of ether oxygens (including phenoxy) is 1. The van der Waals surface area contributed by atoms with Crippen molar-refractivity contribution in [2.75, 3.05) is 13.2 Å². The van der Waals surface area contributed by atoms with Crippen LogP contribution in [0.4, 0.5) is 4.39 Å². The standard InChI is InChI=1S/C29H39ClFN3O5/c30-24-11-17(5-10-26(24)33-28(36)23-14-32-25-4-2-1-3-22(23)25)12-27(35)34-15-19(31)13-20(34)16-39-21-8-6-18(7-9-21)29(37)38/h11,14,18-22,25,32H,1-10,12-13,15-16H2,(H,33,36)(H,37,38)/t18?,19-,20-,21?,22?,25?/m0/s1. The van der Waals surface area contributed by atoms with Crippen molar-refractivity contribution < 1.29 is 28.6 Å². The quantitative estimate of drug-likeness (QED) is 0.406. The fourth-order valence-corrected chi connectivity index (χ4v) is 7.09. The molecule has 214 valence electrons. The minimum Gasteiger partial charge on any atom is -0.481 e. The first-order chi connectivity index (χ1) is 18.8. The van der Waals surface area contributed by atoms with Crippen molar-refractivity contribution >= 4 is 29.4 Å². The van der Waals surface area contributed by atoms with Crippen LogP contribution in [-0.2, 0) is 19.1 Å². The highest BCUT2D eigenvalue weighted by molar-refractivity contribution is 6.31. The minimum atomic E-state index is -1.08. The molecule has 5 aliphatic rings. The first-order valence-corrected chi connectivity index (χ1v) is 14.8. The van der Waals surface area contributed by atoms with Crippen molar-refractivity contribution in [3.05, 3.63) is 34.2 Å². The second kappa shape index (κ2) is 12.4. The summed E-state index contributed by atoms with van der Waals surface area (Å²) in [6, 6.07) is 0.0233. The maximum Gasteiger partial charge on any atom is 0.306 e. The summed E-state index contributed by atoms with van der Waals surface area (Å²) in [5.41, 5.74) is 2.33. The number of fused-ring (bicyclic) bond motifs is 1. The molecule has 3 aliphatic carbocycles. The Morgan fingerprint density at radius 3 is 2.64 bits per heavy atom. The molecule has 0 spiro atoms. The van der Waals surface area contributed by atoms with Crippen LogP contribution in [-0.4, -0.2) is 65.3 Å². The molecule has 0 aromatic carbocycles. The Bertz CT molecular complexity index is 1070. The third-order valence-electron chi connectivity index (χ3n) is 9.07. The molecule has 39 heavy (non-hydrogen) atoms. The van der Waals surface area contributed by atoms with Crippen LogP contribution in [0.2, 0.25) is 0 Å². The van der Waals surface area contributed by atoms with E-state index in [-0.39, 0.29) is 61.8 Å². The number of carboxylic acid groups (broad SMARTS) is 1. The van der Waals surface area contributed by atoms with Gasteiger partial charge < -0.3 is 25.4 Å². The minimum absolute atomic E-state index is 0.0467.